The topological polar surface area (TPSA) is 35.5 Å². The van der Waals surface area contributed by atoms with Crippen molar-refractivity contribution in [3.8, 4) is 5.75 Å². The number of esters is 1. The molecule has 1 fully saturated rings. The van der Waals surface area contributed by atoms with Gasteiger partial charge in [0.1, 0.15) is 12.4 Å². The van der Waals surface area contributed by atoms with Crippen LogP contribution in [0.5, 0.6) is 5.75 Å². The summed E-state index contributed by atoms with van der Waals surface area (Å²) in [6.45, 7) is 8.62. The van der Waals surface area contributed by atoms with Gasteiger partial charge in [-0.15, -0.1) is 0 Å². The van der Waals surface area contributed by atoms with E-state index in [1.165, 1.54) is 5.57 Å². The first-order chi connectivity index (χ1) is 9.87. The lowest BCUT2D eigenvalue weighted by molar-refractivity contribution is -0.147. The Morgan fingerprint density at radius 3 is 2.57 bits per heavy atom. The molecular formula is C18H24O3. The normalized spacial score (nSPS) is 22.3. The van der Waals surface area contributed by atoms with Crippen LogP contribution < -0.4 is 4.74 Å². The molecule has 3 heteroatoms. The van der Waals surface area contributed by atoms with Crippen molar-refractivity contribution >= 4 is 5.97 Å². The highest BCUT2D eigenvalue weighted by Crippen LogP contribution is 2.59. The van der Waals surface area contributed by atoms with Crippen molar-refractivity contribution in [1.29, 1.82) is 0 Å². The van der Waals surface area contributed by atoms with Crippen LogP contribution >= 0.6 is 0 Å². The molecule has 1 saturated carbocycles. The third-order valence-electron chi connectivity index (χ3n) is 4.24. The molecule has 0 saturated heterocycles. The second kappa shape index (κ2) is 5.92. The van der Waals surface area contributed by atoms with Crippen molar-refractivity contribution in [2.24, 2.45) is 17.3 Å². The number of ether oxygens (including phenoxy) is 2. The number of hydrogen-bond acceptors (Lipinski definition) is 3. The molecular weight excluding hydrogens is 264 g/mol. The Balaban J connectivity index is 1.99. The highest BCUT2D eigenvalue weighted by atomic mass is 16.5. The van der Waals surface area contributed by atoms with E-state index in [1.54, 1.807) is 7.11 Å². The van der Waals surface area contributed by atoms with E-state index < -0.39 is 0 Å². The molecule has 0 aromatic heterocycles. The molecule has 0 spiro atoms. The van der Waals surface area contributed by atoms with Crippen molar-refractivity contribution in [2.45, 2.75) is 34.3 Å². The van der Waals surface area contributed by atoms with Gasteiger partial charge >= 0.3 is 5.97 Å². The smallest absolute Gasteiger partial charge is 0.310 e. The van der Waals surface area contributed by atoms with Crippen LogP contribution in [0.2, 0.25) is 0 Å². The van der Waals surface area contributed by atoms with Crippen LogP contribution in [0.25, 0.3) is 0 Å². The Labute approximate surface area is 127 Å². The molecule has 2 rings (SSSR count). The Bertz CT molecular complexity index is 553. The summed E-state index contributed by atoms with van der Waals surface area (Å²) in [7, 11) is 1.62. The minimum absolute atomic E-state index is 0.00483. The minimum atomic E-state index is -0.117. The Hall–Kier alpha value is -1.77. The van der Waals surface area contributed by atoms with Crippen LogP contribution in [0.4, 0.5) is 0 Å². The Morgan fingerprint density at radius 2 is 1.95 bits per heavy atom. The molecule has 114 valence electrons. The first-order valence-electron chi connectivity index (χ1n) is 7.31. The van der Waals surface area contributed by atoms with E-state index in [9.17, 15) is 4.79 Å². The molecule has 0 amide bonds. The fraction of sp³-hybridized carbons (Fsp3) is 0.500. The van der Waals surface area contributed by atoms with Gasteiger partial charge in [-0.1, -0.05) is 43.7 Å². The van der Waals surface area contributed by atoms with Crippen LogP contribution in [0.3, 0.4) is 0 Å². The summed E-state index contributed by atoms with van der Waals surface area (Å²) >= 11 is 0. The zero-order valence-corrected chi connectivity index (χ0v) is 13.5. The lowest BCUT2D eigenvalue weighted by Crippen LogP contribution is -2.11. The van der Waals surface area contributed by atoms with E-state index in [0.29, 0.717) is 0 Å². The standard InChI is InChI=1S/C18H24O3/c1-12(2)10-14-16(18(14,3)4)17(19)21-11-13-8-6-7-9-15(13)20-5/h6-10,14,16H,11H2,1-5H3. The number of methoxy groups -OCH3 is 1. The lowest BCUT2D eigenvalue weighted by atomic mass is 10.1. The zero-order chi connectivity index (χ0) is 15.6. The molecule has 0 aliphatic heterocycles. The second-order valence-corrected chi connectivity index (χ2v) is 6.49. The Kier molecular flexibility index (Phi) is 4.40. The van der Waals surface area contributed by atoms with Crippen molar-refractivity contribution < 1.29 is 14.3 Å². The SMILES string of the molecule is COc1ccccc1COC(=O)C1C(C=C(C)C)C1(C)C. The fourth-order valence-corrected chi connectivity index (χ4v) is 2.86. The van der Waals surface area contributed by atoms with Gasteiger partial charge in [0.25, 0.3) is 0 Å². The van der Waals surface area contributed by atoms with Crippen LogP contribution in [-0.2, 0) is 16.1 Å². The molecule has 0 bridgehead atoms. The van der Waals surface area contributed by atoms with Crippen molar-refractivity contribution in [3.05, 3.63) is 41.5 Å². The minimum Gasteiger partial charge on any atom is -0.496 e. The van der Waals surface area contributed by atoms with Crippen LogP contribution in [0, 0.1) is 17.3 Å². The van der Waals surface area contributed by atoms with Gasteiger partial charge in [0, 0.05) is 5.56 Å². The summed E-state index contributed by atoms with van der Waals surface area (Å²) in [4.78, 5) is 12.3. The van der Waals surface area contributed by atoms with E-state index in [2.05, 4.69) is 33.8 Å². The number of benzene rings is 1. The quantitative estimate of drug-likeness (QED) is 0.607. The van der Waals surface area contributed by atoms with E-state index in [4.69, 9.17) is 9.47 Å². The summed E-state index contributed by atoms with van der Waals surface area (Å²) in [6.07, 6.45) is 2.18. The van der Waals surface area contributed by atoms with Gasteiger partial charge in [-0.05, 0) is 31.2 Å². The molecule has 2 atom stereocenters. The number of hydrogen-bond donors (Lipinski definition) is 0. The second-order valence-electron chi connectivity index (χ2n) is 6.49. The molecule has 3 nitrogen and oxygen atoms in total. The molecule has 0 radical (unpaired) electrons. The number of rotatable bonds is 5. The molecule has 2 unspecified atom stereocenters. The van der Waals surface area contributed by atoms with Gasteiger partial charge in [-0.3, -0.25) is 4.79 Å². The molecule has 21 heavy (non-hydrogen) atoms. The van der Waals surface area contributed by atoms with Crippen molar-refractivity contribution in [3.63, 3.8) is 0 Å². The predicted molar refractivity (Wildman–Crippen MR) is 83.0 cm³/mol. The average Bonchev–Trinajstić information content (AvgIpc) is 2.96. The molecule has 1 aliphatic carbocycles. The number of carbonyl (C=O) groups is 1. The van der Waals surface area contributed by atoms with Gasteiger partial charge < -0.3 is 9.47 Å². The van der Waals surface area contributed by atoms with Gasteiger partial charge in [0.2, 0.25) is 0 Å². The number of allylic oxidation sites excluding steroid dienone is 2. The van der Waals surface area contributed by atoms with Crippen molar-refractivity contribution in [2.75, 3.05) is 7.11 Å². The maximum atomic E-state index is 12.3. The lowest BCUT2D eigenvalue weighted by Gasteiger charge is -2.09. The summed E-state index contributed by atoms with van der Waals surface area (Å²) in [5, 5.41) is 0. The Morgan fingerprint density at radius 1 is 1.29 bits per heavy atom. The third kappa shape index (κ3) is 3.29. The molecule has 0 heterocycles. The summed E-state index contributed by atoms with van der Waals surface area (Å²) in [5.41, 5.74) is 2.13. The summed E-state index contributed by atoms with van der Waals surface area (Å²) < 4.78 is 10.8. The average molecular weight is 288 g/mol. The van der Waals surface area contributed by atoms with Gasteiger partial charge in [0.15, 0.2) is 0 Å². The molecule has 1 aromatic rings. The molecule has 1 aromatic carbocycles. The zero-order valence-electron chi connectivity index (χ0n) is 13.5. The van der Waals surface area contributed by atoms with Crippen LogP contribution in [0.1, 0.15) is 33.3 Å². The van der Waals surface area contributed by atoms with Crippen LogP contribution in [-0.4, -0.2) is 13.1 Å². The number of carbonyl (C=O) groups excluding carboxylic acids is 1. The third-order valence-corrected chi connectivity index (χ3v) is 4.24. The first-order valence-corrected chi connectivity index (χ1v) is 7.31. The van der Waals surface area contributed by atoms with Crippen molar-refractivity contribution in [1.82, 2.24) is 0 Å². The van der Waals surface area contributed by atoms with E-state index >= 15 is 0 Å². The van der Waals surface area contributed by atoms with Gasteiger partial charge in [0.05, 0.1) is 13.0 Å². The largest absolute Gasteiger partial charge is 0.496 e. The monoisotopic (exact) mass is 288 g/mol. The number of para-hydroxylation sites is 1. The highest BCUT2D eigenvalue weighted by molar-refractivity contribution is 5.78. The van der Waals surface area contributed by atoms with Gasteiger partial charge in [-0.2, -0.15) is 0 Å². The van der Waals surface area contributed by atoms with Gasteiger partial charge in [-0.25, -0.2) is 0 Å². The summed E-state index contributed by atoms with van der Waals surface area (Å²) in [5.74, 6) is 0.879. The first kappa shape index (κ1) is 15.6. The van der Waals surface area contributed by atoms with Crippen LogP contribution in [0.15, 0.2) is 35.9 Å². The highest BCUT2D eigenvalue weighted by Gasteiger charge is 2.61. The van der Waals surface area contributed by atoms with E-state index in [-0.39, 0.29) is 29.8 Å². The summed E-state index contributed by atoms with van der Waals surface area (Å²) in [6, 6.07) is 7.60. The van der Waals surface area contributed by atoms with E-state index in [1.807, 2.05) is 24.3 Å². The fourth-order valence-electron chi connectivity index (χ4n) is 2.86. The maximum absolute atomic E-state index is 12.3. The molecule has 1 aliphatic rings. The maximum Gasteiger partial charge on any atom is 0.310 e. The predicted octanol–water partition coefficient (Wildman–Crippen LogP) is 3.98. The molecule has 0 N–H and O–H groups in total. The van der Waals surface area contributed by atoms with E-state index in [0.717, 1.165) is 11.3 Å².